The number of carboxylic acids is 1. The molecule has 0 atom stereocenters. The molecule has 2 rings (SSSR count). The number of rotatable bonds is 4. The molecule has 1 heterocycles. The molecule has 1 amide bonds. The fourth-order valence-electron chi connectivity index (χ4n) is 1.51. The van der Waals surface area contributed by atoms with Gasteiger partial charge in [-0.1, -0.05) is 23.2 Å². The monoisotopic (exact) mass is 314 g/mol. The lowest BCUT2D eigenvalue weighted by molar-refractivity contribution is -0.116. The molecule has 0 bridgehead atoms. The molecule has 0 spiro atoms. The highest BCUT2D eigenvalue weighted by Crippen LogP contribution is 2.30. The van der Waals surface area contributed by atoms with Gasteiger partial charge in [0, 0.05) is 5.02 Å². The molecule has 1 aromatic carbocycles. The molecular formula is C11H8Cl2N4O3. The Hall–Kier alpha value is -2.12. The first-order valence-electron chi connectivity index (χ1n) is 5.32. The third-order valence-electron chi connectivity index (χ3n) is 2.32. The van der Waals surface area contributed by atoms with E-state index in [4.69, 9.17) is 28.3 Å². The third-order valence-corrected chi connectivity index (χ3v) is 2.84. The fourth-order valence-corrected chi connectivity index (χ4v) is 2.05. The molecule has 0 aliphatic heterocycles. The molecule has 104 valence electrons. The van der Waals surface area contributed by atoms with Gasteiger partial charge in [0.2, 0.25) is 5.91 Å². The van der Waals surface area contributed by atoms with Gasteiger partial charge < -0.3 is 10.4 Å². The van der Waals surface area contributed by atoms with Gasteiger partial charge in [-0.25, -0.2) is 14.5 Å². The van der Waals surface area contributed by atoms with Crippen molar-refractivity contribution in [2.24, 2.45) is 0 Å². The zero-order chi connectivity index (χ0) is 14.7. The third kappa shape index (κ3) is 3.25. The number of carboxylic acid groups (broad SMARTS) is 1. The standard InChI is InChI=1S/C11H8Cl2N4O3/c12-6-1-7(11(19)20)10(8(13)2-6)16-9(18)3-17-5-14-4-15-17/h1-2,4-5H,3H2,(H,16,18)(H,19,20). The number of aromatic carboxylic acids is 1. The first-order chi connectivity index (χ1) is 9.47. The highest BCUT2D eigenvalue weighted by atomic mass is 35.5. The minimum Gasteiger partial charge on any atom is -0.478 e. The zero-order valence-electron chi connectivity index (χ0n) is 9.88. The molecule has 0 unspecified atom stereocenters. The lowest BCUT2D eigenvalue weighted by Crippen LogP contribution is -2.20. The number of nitrogens with zero attached hydrogens (tertiary/aromatic N) is 3. The lowest BCUT2D eigenvalue weighted by Gasteiger charge is -2.11. The van der Waals surface area contributed by atoms with Crippen molar-refractivity contribution in [3.63, 3.8) is 0 Å². The Balaban J connectivity index is 2.24. The molecule has 0 aliphatic carbocycles. The van der Waals surface area contributed by atoms with Gasteiger partial charge in [0.05, 0.1) is 16.3 Å². The van der Waals surface area contributed by atoms with E-state index in [1.165, 1.54) is 29.5 Å². The number of hydrogen-bond donors (Lipinski definition) is 2. The molecule has 0 saturated heterocycles. The smallest absolute Gasteiger partial charge is 0.337 e. The van der Waals surface area contributed by atoms with Crippen LogP contribution in [0.25, 0.3) is 0 Å². The number of amides is 1. The summed E-state index contributed by atoms with van der Waals surface area (Å²) >= 11 is 11.6. The highest BCUT2D eigenvalue weighted by Gasteiger charge is 2.17. The Morgan fingerprint density at radius 2 is 2.10 bits per heavy atom. The van der Waals surface area contributed by atoms with E-state index in [9.17, 15) is 9.59 Å². The minimum absolute atomic E-state index is 0.00585. The Bertz CT molecular complexity index is 658. The number of anilines is 1. The van der Waals surface area contributed by atoms with Crippen molar-refractivity contribution in [2.45, 2.75) is 6.54 Å². The molecule has 2 aromatic rings. The summed E-state index contributed by atoms with van der Waals surface area (Å²) in [6.45, 7) is -0.113. The van der Waals surface area contributed by atoms with E-state index in [0.717, 1.165) is 0 Å². The molecular weight excluding hydrogens is 307 g/mol. The van der Waals surface area contributed by atoms with Crippen LogP contribution in [0.3, 0.4) is 0 Å². The van der Waals surface area contributed by atoms with Crippen LogP contribution >= 0.6 is 23.2 Å². The van der Waals surface area contributed by atoms with Crippen molar-refractivity contribution in [3.8, 4) is 0 Å². The molecule has 1 aromatic heterocycles. The van der Waals surface area contributed by atoms with Crippen molar-refractivity contribution in [2.75, 3.05) is 5.32 Å². The first kappa shape index (κ1) is 14.3. The number of carbonyl (C=O) groups excluding carboxylic acids is 1. The maximum Gasteiger partial charge on any atom is 0.337 e. The van der Waals surface area contributed by atoms with Gasteiger partial charge in [0.15, 0.2) is 0 Å². The van der Waals surface area contributed by atoms with E-state index < -0.39 is 11.9 Å². The first-order valence-corrected chi connectivity index (χ1v) is 6.07. The van der Waals surface area contributed by atoms with Gasteiger partial charge in [-0.15, -0.1) is 0 Å². The summed E-state index contributed by atoms with van der Waals surface area (Å²) in [4.78, 5) is 26.6. The highest BCUT2D eigenvalue weighted by molar-refractivity contribution is 6.37. The number of hydrogen-bond acceptors (Lipinski definition) is 4. The molecule has 9 heteroatoms. The van der Waals surface area contributed by atoms with Crippen molar-refractivity contribution in [1.29, 1.82) is 0 Å². The van der Waals surface area contributed by atoms with Crippen LogP contribution < -0.4 is 5.32 Å². The summed E-state index contributed by atoms with van der Waals surface area (Å²) in [7, 11) is 0. The van der Waals surface area contributed by atoms with E-state index in [-0.39, 0.29) is 27.8 Å². The number of carbonyl (C=O) groups is 2. The number of nitrogens with one attached hydrogen (secondary N) is 1. The van der Waals surface area contributed by atoms with Crippen molar-refractivity contribution >= 4 is 40.8 Å². The largest absolute Gasteiger partial charge is 0.478 e. The zero-order valence-corrected chi connectivity index (χ0v) is 11.4. The van der Waals surface area contributed by atoms with Crippen molar-refractivity contribution in [3.05, 3.63) is 40.4 Å². The van der Waals surface area contributed by atoms with Crippen molar-refractivity contribution in [1.82, 2.24) is 14.8 Å². The van der Waals surface area contributed by atoms with E-state index >= 15 is 0 Å². The van der Waals surface area contributed by atoms with Crippen LogP contribution in [0.15, 0.2) is 24.8 Å². The number of benzene rings is 1. The van der Waals surface area contributed by atoms with Crippen LogP contribution in [-0.4, -0.2) is 31.7 Å². The summed E-state index contributed by atoms with van der Waals surface area (Å²) in [6, 6.07) is 2.56. The van der Waals surface area contributed by atoms with Crippen LogP contribution in [0.4, 0.5) is 5.69 Å². The van der Waals surface area contributed by atoms with Crippen LogP contribution in [0.2, 0.25) is 10.0 Å². The lowest BCUT2D eigenvalue weighted by atomic mass is 10.1. The minimum atomic E-state index is -1.24. The van der Waals surface area contributed by atoms with E-state index in [1.807, 2.05) is 0 Å². The van der Waals surface area contributed by atoms with Crippen LogP contribution in [0.5, 0.6) is 0 Å². The Morgan fingerprint density at radius 1 is 1.35 bits per heavy atom. The molecule has 0 aliphatic rings. The van der Waals surface area contributed by atoms with Gasteiger partial charge in [-0.05, 0) is 12.1 Å². The summed E-state index contributed by atoms with van der Waals surface area (Å²) < 4.78 is 1.29. The molecule has 0 fully saturated rings. The maximum atomic E-state index is 11.8. The summed E-state index contributed by atoms with van der Waals surface area (Å²) in [5, 5.41) is 15.5. The van der Waals surface area contributed by atoms with Crippen molar-refractivity contribution < 1.29 is 14.7 Å². The second-order valence-electron chi connectivity index (χ2n) is 3.76. The van der Waals surface area contributed by atoms with Gasteiger partial charge >= 0.3 is 5.97 Å². The molecule has 0 saturated carbocycles. The quantitative estimate of drug-likeness (QED) is 0.898. The average Bonchev–Trinajstić information content (AvgIpc) is 2.84. The molecule has 2 N–H and O–H groups in total. The molecule has 20 heavy (non-hydrogen) atoms. The van der Waals surface area contributed by atoms with Crippen LogP contribution in [0, 0.1) is 0 Å². The normalized spacial score (nSPS) is 10.3. The summed E-state index contributed by atoms with van der Waals surface area (Å²) in [6.07, 6.45) is 2.65. The van der Waals surface area contributed by atoms with E-state index in [1.54, 1.807) is 0 Å². The fraction of sp³-hybridized carbons (Fsp3) is 0.0909. The predicted molar refractivity (Wildman–Crippen MR) is 72.1 cm³/mol. The second kappa shape index (κ2) is 5.89. The SMILES string of the molecule is O=C(Cn1cncn1)Nc1c(Cl)cc(Cl)cc1C(=O)O. The molecule has 7 nitrogen and oxygen atoms in total. The number of aromatic nitrogens is 3. The topological polar surface area (TPSA) is 97.1 Å². The van der Waals surface area contributed by atoms with E-state index in [0.29, 0.717) is 0 Å². The Morgan fingerprint density at radius 3 is 2.70 bits per heavy atom. The summed E-state index contributed by atoms with van der Waals surface area (Å²) in [5.41, 5.74) is -0.192. The van der Waals surface area contributed by atoms with E-state index in [2.05, 4.69) is 15.4 Å². The van der Waals surface area contributed by atoms with Crippen LogP contribution in [0.1, 0.15) is 10.4 Å². The van der Waals surface area contributed by atoms with Gasteiger partial charge in [0.1, 0.15) is 19.2 Å². The van der Waals surface area contributed by atoms with Gasteiger partial charge in [-0.2, -0.15) is 5.10 Å². The maximum absolute atomic E-state index is 11.8. The Kier molecular flexibility index (Phi) is 4.21. The Labute approximate surface area is 123 Å². The van der Waals surface area contributed by atoms with Gasteiger partial charge in [-0.3, -0.25) is 4.79 Å². The van der Waals surface area contributed by atoms with Gasteiger partial charge in [0.25, 0.3) is 0 Å². The summed E-state index contributed by atoms with van der Waals surface area (Å²) in [5.74, 6) is -1.73. The van der Waals surface area contributed by atoms with Crippen LogP contribution in [-0.2, 0) is 11.3 Å². The predicted octanol–water partition coefficient (Wildman–Crippen LogP) is 1.92. The second-order valence-corrected chi connectivity index (χ2v) is 4.60. The number of halogens is 2. The molecule has 0 radical (unpaired) electrons. The average molecular weight is 315 g/mol.